The Morgan fingerprint density at radius 3 is 2.44 bits per heavy atom. The summed E-state index contributed by atoms with van der Waals surface area (Å²) in [5.74, 6) is 3.83. The lowest BCUT2D eigenvalue weighted by molar-refractivity contribution is -0.491. The summed E-state index contributed by atoms with van der Waals surface area (Å²) in [5, 5.41) is 9.51. The number of nitrogens with zero attached hydrogens (tertiary/aromatic N) is 2. The lowest BCUT2D eigenvalue weighted by Crippen LogP contribution is -2.04. The maximum atomic E-state index is 8.58. The van der Waals surface area contributed by atoms with Gasteiger partial charge in [0.15, 0.2) is 5.03 Å². The molecule has 0 aliphatic rings. The molecule has 0 unspecified atom stereocenters. The molecule has 1 rings (SSSR count). The van der Waals surface area contributed by atoms with Crippen LogP contribution in [0, 0.1) is 10.1 Å². The minimum absolute atomic E-state index is 1.00. The zero-order valence-electron chi connectivity index (χ0n) is 4.43. The first kappa shape index (κ1) is 7.83. The van der Waals surface area contributed by atoms with Gasteiger partial charge in [-0.15, -0.1) is 11.3 Å². The highest BCUT2D eigenvalue weighted by Crippen LogP contribution is 1.85. The fourth-order valence-corrected chi connectivity index (χ4v) is 0.527. The van der Waals surface area contributed by atoms with Crippen LogP contribution in [0.2, 0.25) is 0 Å². The summed E-state index contributed by atoms with van der Waals surface area (Å²) >= 11 is 1.60. The largest absolute Gasteiger partial charge is 0.253 e. The van der Waals surface area contributed by atoms with Crippen molar-refractivity contribution < 1.29 is 5.03 Å². The van der Waals surface area contributed by atoms with E-state index in [2.05, 4.69) is 10.8 Å². The van der Waals surface area contributed by atoms with Crippen LogP contribution in [0.3, 0.4) is 0 Å². The highest BCUT2D eigenvalue weighted by molar-refractivity contribution is 7.07. The number of hydrogen-bond donors (Lipinski definition) is 1. The van der Waals surface area contributed by atoms with Crippen LogP contribution >= 0.6 is 11.3 Å². The van der Waals surface area contributed by atoms with Crippen LogP contribution in [0.5, 0.6) is 0 Å². The van der Waals surface area contributed by atoms with Gasteiger partial charge < -0.3 is 0 Å². The molecule has 0 aliphatic heterocycles. The number of thiazole rings is 1. The molecular formula is C3H5N3O2S. The summed E-state index contributed by atoms with van der Waals surface area (Å²) in [5.41, 5.74) is 1.79. The number of hydrogen-bond acceptors (Lipinski definition) is 4. The van der Waals surface area contributed by atoms with Crippen molar-refractivity contribution in [1.29, 1.82) is 0 Å². The van der Waals surface area contributed by atoms with E-state index >= 15 is 0 Å². The van der Waals surface area contributed by atoms with Crippen LogP contribution in [-0.4, -0.2) is 10.0 Å². The third-order valence-corrected chi connectivity index (χ3v) is 0.869. The molecule has 1 heterocycles. The summed E-state index contributed by atoms with van der Waals surface area (Å²) in [7, 11) is 0. The van der Waals surface area contributed by atoms with Crippen LogP contribution < -0.4 is 5.84 Å². The number of aromatic nitrogens is 1. The van der Waals surface area contributed by atoms with Gasteiger partial charge in [0, 0.05) is 11.6 Å². The Hall–Kier alpha value is -1.17. The van der Waals surface area contributed by atoms with Crippen LogP contribution in [-0.2, 0) is 0 Å². The van der Waals surface area contributed by atoms with Crippen LogP contribution in [0.25, 0.3) is 0 Å². The fourth-order valence-electron chi connectivity index (χ4n) is 0.176. The molecule has 2 N–H and O–H groups in total. The number of nitro groups is 1. The second-order valence-corrected chi connectivity index (χ2v) is 1.72. The Morgan fingerprint density at radius 1 is 1.78 bits per heavy atom. The molecule has 9 heavy (non-hydrogen) atoms. The SMILES string of the molecule is N[N+](=O)[O-].c1cscn1. The van der Waals surface area contributed by atoms with Crippen LogP contribution in [0.15, 0.2) is 17.1 Å². The lowest BCUT2D eigenvalue weighted by atomic mass is 11.0. The number of nitrogens with two attached hydrogens (primary N) is 1. The van der Waals surface area contributed by atoms with Crippen molar-refractivity contribution in [3.05, 3.63) is 27.2 Å². The van der Waals surface area contributed by atoms with Gasteiger partial charge in [0.05, 0.1) is 5.51 Å². The molecule has 0 bridgehead atoms. The Bertz CT molecular complexity index is 131. The molecule has 5 nitrogen and oxygen atoms in total. The maximum absolute atomic E-state index is 8.58. The van der Waals surface area contributed by atoms with Crippen molar-refractivity contribution in [2.24, 2.45) is 5.84 Å². The molecule has 1 aromatic rings. The van der Waals surface area contributed by atoms with E-state index in [9.17, 15) is 0 Å². The molecule has 6 heteroatoms. The molecule has 0 fully saturated rings. The van der Waals surface area contributed by atoms with Crippen molar-refractivity contribution in [2.75, 3.05) is 0 Å². The highest BCUT2D eigenvalue weighted by atomic mass is 32.1. The third kappa shape index (κ3) is 10.9. The second kappa shape index (κ2) is 4.98. The number of hydrazine groups is 1. The van der Waals surface area contributed by atoms with Gasteiger partial charge in [-0.2, -0.15) is 5.84 Å². The molecular weight excluding hydrogens is 142 g/mol. The van der Waals surface area contributed by atoms with E-state index in [0.717, 1.165) is 0 Å². The lowest BCUT2D eigenvalue weighted by Gasteiger charge is -1.61. The van der Waals surface area contributed by atoms with Crippen LogP contribution in [0.4, 0.5) is 0 Å². The van der Waals surface area contributed by atoms with Gasteiger partial charge in [-0.05, 0) is 0 Å². The average Bonchev–Trinajstić information content (AvgIpc) is 2.11. The van der Waals surface area contributed by atoms with E-state index in [1.165, 1.54) is 0 Å². The zero-order chi connectivity index (χ0) is 7.11. The van der Waals surface area contributed by atoms with E-state index in [4.69, 9.17) is 10.1 Å². The summed E-state index contributed by atoms with van der Waals surface area (Å²) in [4.78, 5) is 12.3. The summed E-state index contributed by atoms with van der Waals surface area (Å²) in [6.45, 7) is 0. The van der Waals surface area contributed by atoms with E-state index in [0.29, 0.717) is 0 Å². The fraction of sp³-hybridized carbons (Fsp3) is 0. The first-order valence-corrected chi connectivity index (χ1v) is 2.89. The topological polar surface area (TPSA) is 82.0 Å². The predicted molar refractivity (Wildman–Crippen MR) is 33.3 cm³/mol. The monoisotopic (exact) mass is 147 g/mol. The Balaban J connectivity index is 0.000000148. The minimum atomic E-state index is -1.00. The van der Waals surface area contributed by atoms with Gasteiger partial charge >= 0.3 is 0 Å². The smallest absolute Gasteiger partial charge is 0.154 e. The highest BCUT2D eigenvalue weighted by Gasteiger charge is 1.59. The summed E-state index contributed by atoms with van der Waals surface area (Å²) < 4.78 is 0. The van der Waals surface area contributed by atoms with E-state index in [1.807, 2.05) is 5.38 Å². The van der Waals surface area contributed by atoms with Gasteiger partial charge in [0.25, 0.3) is 0 Å². The van der Waals surface area contributed by atoms with Gasteiger partial charge in [0.1, 0.15) is 0 Å². The molecule has 0 saturated carbocycles. The number of rotatable bonds is 0. The van der Waals surface area contributed by atoms with Crippen molar-refractivity contribution in [1.82, 2.24) is 4.98 Å². The molecule has 0 amide bonds. The van der Waals surface area contributed by atoms with Gasteiger partial charge in [-0.25, -0.2) is 10.1 Å². The average molecular weight is 147 g/mol. The van der Waals surface area contributed by atoms with Gasteiger partial charge in [-0.3, -0.25) is 4.98 Å². The zero-order valence-corrected chi connectivity index (χ0v) is 5.25. The molecule has 0 aromatic carbocycles. The molecule has 0 aliphatic carbocycles. The summed E-state index contributed by atoms with van der Waals surface area (Å²) in [6, 6.07) is 0. The minimum Gasteiger partial charge on any atom is -0.253 e. The Kier molecular flexibility index (Phi) is 4.33. The van der Waals surface area contributed by atoms with Crippen molar-refractivity contribution >= 4 is 11.3 Å². The van der Waals surface area contributed by atoms with Gasteiger partial charge in [0.2, 0.25) is 0 Å². The Labute approximate surface area is 55.3 Å². The Morgan fingerprint density at radius 2 is 2.33 bits per heavy atom. The second-order valence-electron chi connectivity index (χ2n) is 0.961. The predicted octanol–water partition coefficient (Wildman–Crippen LogP) is 0.280. The first-order chi connectivity index (χ1) is 4.23. The van der Waals surface area contributed by atoms with Crippen molar-refractivity contribution in [3.8, 4) is 0 Å². The van der Waals surface area contributed by atoms with Crippen molar-refractivity contribution in [2.45, 2.75) is 0 Å². The molecule has 50 valence electrons. The van der Waals surface area contributed by atoms with Crippen molar-refractivity contribution in [3.63, 3.8) is 0 Å². The van der Waals surface area contributed by atoms with E-state index in [-0.39, 0.29) is 0 Å². The maximum Gasteiger partial charge on any atom is 0.154 e. The van der Waals surface area contributed by atoms with Gasteiger partial charge in [-0.1, -0.05) is 0 Å². The quantitative estimate of drug-likeness (QED) is 0.324. The first-order valence-electron chi connectivity index (χ1n) is 1.94. The standard InChI is InChI=1S/C3H3NS.H2N2O2/c1-2-5-3-4-1;1-2(3)4/h1-3H;1H2. The summed E-state index contributed by atoms with van der Waals surface area (Å²) in [6.07, 6.45) is 1.77. The molecule has 0 radical (unpaired) electrons. The van der Waals surface area contributed by atoms with E-state index < -0.39 is 5.03 Å². The molecule has 0 spiro atoms. The molecule has 0 atom stereocenters. The molecule has 0 saturated heterocycles. The van der Waals surface area contributed by atoms with E-state index in [1.54, 1.807) is 23.0 Å². The molecule has 1 aromatic heterocycles. The van der Waals surface area contributed by atoms with Crippen LogP contribution in [0.1, 0.15) is 0 Å². The third-order valence-electron chi connectivity index (χ3n) is 0.347. The normalized spacial score (nSPS) is 7.11.